The summed E-state index contributed by atoms with van der Waals surface area (Å²) < 4.78 is 2.58. The molecule has 4 aromatic rings. The van der Waals surface area contributed by atoms with Crippen molar-refractivity contribution in [2.45, 2.75) is 31.8 Å². The molecule has 3 aromatic heterocycles. The minimum Gasteiger partial charge on any atom is -0.332 e. The summed E-state index contributed by atoms with van der Waals surface area (Å²) in [5.41, 5.74) is 0.537. The molecular weight excluding hydrogens is 402 g/mol. The molecule has 1 unspecified atom stereocenters. The molecule has 3 heterocycles. The zero-order chi connectivity index (χ0) is 21.0. The topological polar surface area (TPSA) is 101 Å². The quantitative estimate of drug-likeness (QED) is 0.546. The second-order valence-corrected chi connectivity index (χ2v) is 8.63. The highest BCUT2D eigenvalue weighted by atomic mass is 32.1. The lowest BCUT2D eigenvalue weighted by Crippen LogP contribution is -2.32. The Balaban J connectivity index is 1.50. The van der Waals surface area contributed by atoms with E-state index >= 15 is 0 Å². The number of benzene rings is 1. The van der Waals surface area contributed by atoms with Gasteiger partial charge in [0, 0.05) is 19.3 Å². The van der Waals surface area contributed by atoms with Gasteiger partial charge in [-0.3, -0.25) is 19.1 Å². The maximum Gasteiger partial charge on any atom is 0.330 e. The summed E-state index contributed by atoms with van der Waals surface area (Å²) in [6.45, 7) is 1.92. The summed E-state index contributed by atoms with van der Waals surface area (Å²) in [6, 6.07) is 9.18. The third-order valence-electron chi connectivity index (χ3n) is 5.51. The minimum absolute atomic E-state index is 0.0626. The predicted octanol–water partition coefficient (Wildman–Crippen LogP) is 2.86. The zero-order valence-corrected chi connectivity index (χ0v) is 17.3. The van der Waals surface area contributed by atoms with Gasteiger partial charge in [0.05, 0.1) is 27.2 Å². The largest absolute Gasteiger partial charge is 0.332 e. The summed E-state index contributed by atoms with van der Waals surface area (Å²) in [7, 11) is 1.71. The molecule has 1 aromatic carbocycles. The first-order valence-electron chi connectivity index (χ1n) is 9.71. The van der Waals surface area contributed by atoms with E-state index in [0.717, 1.165) is 28.1 Å². The van der Waals surface area contributed by atoms with Gasteiger partial charge >= 0.3 is 5.69 Å². The van der Waals surface area contributed by atoms with Crippen LogP contribution in [0, 0.1) is 0 Å². The smallest absolute Gasteiger partial charge is 0.330 e. The first-order chi connectivity index (χ1) is 14.4. The highest BCUT2D eigenvalue weighted by Gasteiger charge is 2.28. The normalized spacial score (nSPS) is 14.9. The molecule has 1 N–H and O–H groups in total. The fourth-order valence-electron chi connectivity index (χ4n) is 3.54. The summed E-state index contributed by atoms with van der Waals surface area (Å²) in [6.07, 6.45) is 3.20. The Morgan fingerprint density at radius 2 is 2.07 bits per heavy atom. The molecule has 1 atom stereocenters. The van der Waals surface area contributed by atoms with Crippen LogP contribution in [0.4, 0.5) is 0 Å². The number of aromatic amines is 1. The van der Waals surface area contributed by atoms with E-state index in [2.05, 4.69) is 15.0 Å². The molecule has 30 heavy (non-hydrogen) atoms. The number of rotatable bonds is 4. The molecule has 1 saturated carbocycles. The Bertz CT molecular complexity index is 1380. The van der Waals surface area contributed by atoms with Gasteiger partial charge in [0.25, 0.3) is 11.5 Å². The van der Waals surface area contributed by atoms with Crippen molar-refractivity contribution in [3.05, 3.63) is 67.9 Å². The van der Waals surface area contributed by atoms with Crippen molar-refractivity contribution in [1.29, 1.82) is 0 Å². The Morgan fingerprint density at radius 3 is 2.80 bits per heavy atom. The van der Waals surface area contributed by atoms with E-state index in [9.17, 15) is 14.4 Å². The van der Waals surface area contributed by atoms with Crippen molar-refractivity contribution in [2.75, 3.05) is 7.05 Å². The number of hydrogen-bond acceptors (Lipinski definition) is 6. The highest BCUT2D eigenvalue weighted by Crippen LogP contribution is 2.35. The SMILES string of the molecule is CC(c1nc2ccccc2s1)N(C)C(=O)c1cnc2c(c1)c(=O)[nH]c(=O)n2C1CC1. The number of carbonyl (C=O) groups is 1. The van der Waals surface area contributed by atoms with Crippen molar-refractivity contribution >= 4 is 38.5 Å². The van der Waals surface area contributed by atoms with Crippen molar-refractivity contribution in [2.24, 2.45) is 0 Å². The van der Waals surface area contributed by atoms with Crippen LogP contribution < -0.4 is 11.2 Å². The predicted molar refractivity (Wildman–Crippen MR) is 115 cm³/mol. The Hall–Kier alpha value is -3.33. The third-order valence-corrected chi connectivity index (χ3v) is 6.71. The molecule has 0 spiro atoms. The molecular formula is C21H19N5O3S. The lowest BCUT2D eigenvalue weighted by atomic mass is 10.2. The monoisotopic (exact) mass is 421 g/mol. The fraction of sp³-hybridized carbons (Fsp3) is 0.286. The Labute approximate surface area is 174 Å². The maximum absolute atomic E-state index is 13.1. The molecule has 0 aliphatic heterocycles. The van der Waals surface area contributed by atoms with E-state index in [4.69, 9.17) is 0 Å². The standard InChI is InChI=1S/C21H19N5O3S/c1-11(19-23-15-5-3-4-6-16(15)30-19)25(2)20(28)12-9-14-17(22-10-12)26(13-7-8-13)21(29)24-18(14)27/h3-6,9-11,13H,7-8H2,1-2H3,(H,24,27,29). The molecule has 8 nitrogen and oxygen atoms in total. The number of para-hydroxylation sites is 1. The van der Waals surface area contributed by atoms with E-state index in [-0.39, 0.29) is 23.4 Å². The van der Waals surface area contributed by atoms with Crippen LogP contribution in [-0.2, 0) is 0 Å². The number of fused-ring (bicyclic) bond motifs is 2. The van der Waals surface area contributed by atoms with Crippen LogP contribution in [0.5, 0.6) is 0 Å². The van der Waals surface area contributed by atoms with E-state index in [1.54, 1.807) is 23.3 Å². The van der Waals surface area contributed by atoms with E-state index < -0.39 is 11.2 Å². The van der Waals surface area contributed by atoms with Gasteiger partial charge in [-0.2, -0.15) is 0 Å². The minimum atomic E-state index is -0.532. The second kappa shape index (κ2) is 6.88. The lowest BCUT2D eigenvalue weighted by molar-refractivity contribution is 0.0742. The van der Waals surface area contributed by atoms with Gasteiger partial charge in [-0.15, -0.1) is 11.3 Å². The van der Waals surface area contributed by atoms with Crippen LogP contribution in [0.2, 0.25) is 0 Å². The van der Waals surface area contributed by atoms with Crippen molar-refractivity contribution in [1.82, 2.24) is 24.4 Å². The summed E-state index contributed by atoms with van der Waals surface area (Å²) in [5.74, 6) is -0.264. The van der Waals surface area contributed by atoms with E-state index in [1.807, 2.05) is 31.2 Å². The third kappa shape index (κ3) is 3.02. The van der Waals surface area contributed by atoms with Gasteiger partial charge in [0.15, 0.2) is 0 Å². The Morgan fingerprint density at radius 1 is 1.30 bits per heavy atom. The number of nitrogens with zero attached hydrogens (tertiary/aromatic N) is 4. The average Bonchev–Trinajstić information content (AvgIpc) is 3.48. The van der Waals surface area contributed by atoms with Crippen LogP contribution in [0.3, 0.4) is 0 Å². The van der Waals surface area contributed by atoms with Crippen LogP contribution in [0.15, 0.2) is 46.1 Å². The molecule has 9 heteroatoms. The average molecular weight is 421 g/mol. The highest BCUT2D eigenvalue weighted by molar-refractivity contribution is 7.18. The first kappa shape index (κ1) is 18.7. The van der Waals surface area contributed by atoms with Gasteiger partial charge in [0.2, 0.25) is 0 Å². The van der Waals surface area contributed by atoms with Gasteiger partial charge < -0.3 is 4.90 Å². The lowest BCUT2D eigenvalue weighted by Gasteiger charge is -2.23. The van der Waals surface area contributed by atoms with Gasteiger partial charge in [-0.1, -0.05) is 12.1 Å². The van der Waals surface area contributed by atoms with Crippen LogP contribution >= 0.6 is 11.3 Å². The van der Waals surface area contributed by atoms with Gasteiger partial charge in [-0.05, 0) is 38.0 Å². The number of thiazole rings is 1. The molecule has 5 rings (SSSR count). The number of nitrogens with one attached hydrogen (secondary N) is 1. The van der Waals surface area contributed by atoms with Crippen molar-refractivity contribution in [3.63, 3.8) is 0 Å². The number of carbonyl (C=O) groups excluding carboxylic acids is 1. The number of amides is 1. The van der Waals surface area contributed by atoms with Crippen molar-refractivity contribution in [3.8, 4) is 0 Å². The van der Waals surface area contributed by atoms with Crippen molar-refractivity contribution < 1.29 is 4.79 Å². The van der Waals surface area contributed by atoms with Crippen LogP contribution in [-0.4, -0.2) is 37.4 Å². The van der Waals surface area contributed by atoms with E-state index in [0.29, 0.717) is 11.2 Å². The second-order valence-electron chi connectivity index (χ2n) is 7.57. The van der Waals surface area contributed by atoms with E-state index in [1.165, 1.54) is 16.8 Å². The molecule has 152 valence electrons. The molecule has 0 radical (unpaired) electrons. The Kier molecular flexibility index (Phi) is 4.28. The molecule has 1 aliphatic carbocycles. The van der Waals surface area contributed by atoms with Gasteiger partial charge in [-0.25, -0.2) is 14.8 Å². The molecule has 0 saturated heterocycles. The first-order valence-corrected chi connectivity index (χ1v) is 10.5. The molecule has 1 amide bonds. The number of H-pyrrole nitrogens is 1. The maximum atomic E-state index is 13.1. The molecule has 1 fully saturated rings. The zero-order valence-electron chi connectivity index (χ0n) is 16.5. The number of aromatic nitrogens is 4. The summed E-state index contributed by atoms with van der Waals surface area (Å²) >= 11 is 1.55. The van der Waals surface area contributed by atoms with Crippen LogP contribution in [0.25, 0.3) is 21.3 Å². The summed E-state index contributed by atoms with van der Waals surface area (Å²) in [5, 5.41) is 1.08. The van der Waals surface area contributed by atoms with Crippen LogP contribution in [0.1, 0.15) is 47.2 Å². The summed E-state index contributed by atoms with van der Waals surface area (Å²) in [4.78, 5) is 50.5. The fourth-order valence-corrected chi connectivity index (χ4v) is 4.60. The number of hydrogen-bond donors (Lipinski definition) is 1. The van der Waals surface area contributed by atoms with Gasteiger partial charge in [0.1, 0.15) is 10.7 Å². The molecule has 0 bridgehead atoms. The number of pyridine rings is 1. The molecule has 1 aliphatic rings.